The quantitative estimate of drug-likeness (QED) is 0.425. The van der Waals surface area contributed by atoms with Crippen molar-refractivity contribution < 1.29 is 26.3 Å². The molecular formula is C5H2F6. The van der Waals surface area contributed by atoms with E-state index in [4.69, 9.17) is 0 Å². The molecule has 0 aliphatic heterocycles. The second-order valence-electron chi connectivity index (χ2n) is 1.49. The van der Waals surface area contributed by atoms with Crippen molar-refractivity contribution in [3.8, 4) is 0 Å². The maximum Gasteiger partial charge on any atom is 0.412 e. The van der Waals surface area contributed by atoms with Crippen LogP contribution in [0, 0.1) is 0 Å². The van der Waals surface area contributed by atoms with E-state index < -0.39 is 30.2 Å². The lowest BCUT2D eigenvalue weighted by Gasteiger charge is -1.97. The molecule has 0 atom stereocenters. The fraction of sp³-hybridized carbons (Fsp3) is 0.200. The van der Waals surface area contributed by atoms with E-state index in [9.17, 15) is 26.3 Å². The van der Waals surface area contributed by atoms with Crippen LogP contribution in [0.2, 0.25) is 0 Å². The Kier molecular flexibility index (Phi) is 3.16. The second kappa shape index (κ2) is 3.45. The molecular weight excluding hydrogens is 174 g/mol. The molecule has 0 unspecified atom stereocenters. The van der Waals surface area contributed by atoms with Gasteiger partial charge in [0, 0.05) is 0 Å². The molecule has 0 N–H and O–H groups in total. The summed E-state index contributed by atoms with van der Waals surface area (Å²) in [6, 6.07) is 0. The molecule has 0 radical (unpaired) electrons. The SMILES string of the molecule is FC=C(F)C(F)=CC(F)(F)F. The second-order valence-corrected chi connectivity index (χ2v) is 1.49. The number of hydrogen-bond donors (Lipinski definition) is 0. The molecule has 0 heterocycles. The van der Waals surface area contributed by atoms with Gasteiger partial charge in [0.05, 0.1) is 6.08 Å². The van der Waals surface area contributed by atoms with Gasteiger partial charge in [0.2, 0.25) is 0 Å². The summed E-state index contributed by atoms with van der Waals surface area (Å²) < 4.78 is 67.9. The summed E-state index contributed by atoms with van der Waals surface area (Å²) in [5, 5.41) is 0. The van der Waals surface area contributed by atoms with E-state index in [1.165, 1.54) is 0 Å². The molecule has 0 spiro atoms. The fourth-order valence-corrected chi connectivity index (χ4v) is 0.265. The van der Waals surface area contributed by atoms with Crippen LogP contribution in [0.25, 0.3) is 0 Å². The fourth-order valence-electron chi connectivity index (χ4n) is 0.265. The summed E-state index contributed by atoms with van der Waals surface area (Å²) in [7, 11) is 0. The van der Waals surface area contributed by atoms with Crippen LogP contribution in [-0.4, -0.2) is 6.18 Å². The predicted octanol–water partition coefficient (Wildman–Crippen LogP) is 3.18. The standard InChI is InChI=1S/C5H2F6/c6-2-4(8)3(7)1-5(9,10)11/h1-2H. The zero-order valence-corrected chi connectivity index (χ0v) is 4.92. The topological polar surface area (TPSA) is 0 Å². The number of hydrogen-bond acceptors (Lipinski definition) is 0. The van der Waals surface area contributed by atoms with Gasteiger partial charge in [-0.1, -0.05) is 0 Å². The molecule has 0 aromatic heterocycles. The van der Waals surface area contributed by atoms with Gasteiger partial charge in [-0.2, -0.15) is 13.2 Å². The van der Waals surface area contributed by atoms with Crippen LogP contribution in [0.4, 0.5) is 26.3 Å². The molecule has 0 saturated heterocycles. The van der Waals surface area contributed by atoms with Gasteiger partial charge >= 0.3 is 6.18 Å². The minimum atomic E-state index is -4.98. The first-order chi connectivity index (χ1) is 4.87. The van der Waals surface area contributed by atoms with Gasteiger partial charge < -0.3 is 0 Å². The average molecular weight is 176 g/mol. The highest BCUT2D eigenvalue weighted by Gasteiger charge is 2.26. The smallest absolute Gasteiger partial charge is 0.212 e. The molecule has 64 valence electrons. The van der Waals surface area contributed by atoms with E-state index in [0.29, 0.717) is 0 Å². The zero-order chi connectivity index (χ0) is 9.07. The van der Waals surface area contributed by atoms with Crippen molar-refractivity contribution in [3.05, 3.63) is 24.1 Å². The molecule has 6 heteroatoms. The minimum Gasteiger partial charge on any atom is -0.212 e. The zero-order valence-electron chi connectivity index (χ0n) is 4.92. The van der Waals surface area contributed by atoms with Crippen LogP contribution in [0.1, 0.15) is 0 Å². The Morgan fingerprint density at radius 2 is 1.45 bits per heavy atom. The van der Waals surface area contributed by atoms with Crippen LogP contribution in [0.15, 0.2) is 24.1 Å². The number of rotatable bonds is 1. The van der Waals surface area contributed by atoms with Crippen LogP contribution in [0.5, 0.6) is 0 Å². The Balaban J connectivity index is 4.48. The lowest BCUT2D eigenvalue weighted by molar-refractivity contribution is -0.0813. The Morgan fingerprint density at radius 3 is 1.73 bits per heavy atom. The van der Waals surface area contributed by atoms with Crippen molar-refractivity contribution in [2.75, 3.05) is 0 Å². The third kappa shape index (κ3) is 4.46. The van der Waals surface area contributed by atoms with E-state index in [-0.39, 0.29) is 0 Å². The highest BCUT2D eigenvalue weighted by Crippen LogP contribution is 2.23. The van der Waals surface area contributed by atoms with Crippen LogP contribution < -0.4 is 0 Å². The molecule has 0 fully saturated rings. The molecule has 0 bridgehead atoms. The van der Waals surface area contributed by atoms with Gasteiger partial charge in [-0.3, -0.25) is 0 Å². The lowest BCUT2D eigenvalue weighted by atomic mass is 10.4. The largest absolute Gasteiger partial charge is 0.412 e. The molecule has 0 aliphatic carbocycles. The molecule has 0 aromatic carbocycles. The predicted molar refractivity (Wildman–Crippen MR) is 25.5 cm³/mol. The number of alkyl halides is 3. The highest BCUT2D eigenvalue weighted by molar-refractivity contribution is 5.17. The van der Waals surface area contributed by atoms with Gasteiger partial charge in [0.15, 0.2) is 11.7 Å². The molecule has 0 nitrogen and oxygen atoms in total. The summed E-state index contributed by atoms with van der Waals surface area (Å²) in [4.78, 5) is 0. The van der Waals surface area contributed by atoms with E-state index in [2.05, 4.69) is 0 Å². The Morgan fingerprint density at radius 1 is 1.00 bits per heavy atom. The average Bonchev–Trinajstić information content (AvgIpc) is 1.82. The van der Waals surface area contributed by atoms with Gasteiger partial charge in [0.1, 0.15) is 6.33 Å². The number of allylic oxidation sites excluding steroid dienone is 3. The molecule has 11 heavy (non-hydrogen) atoms. The first-order valence-corrected chi connectivity index (χ1v) is 2.28. The van der Waals surface area contributed by atoms with Crippen molar-refractivity contribution in [1.29, 1.82) is 0 Å². The Hall–Kier alpha value is -0.940. The van der Waals surface area contributed by atoms with Crippen molar-refractivity contribution in [2.24, 2.45) is 0 Å². The third-order valence-corrected chi connectivity index (χ3v) is 0.614. The first kappa shape index (κ1) is 10.1. The van der Waals surface area contributed by atoms with Crippen LogP contribution >= 0.6 is 0 Å². The number of halogens is 6. The molecule has 0 saturated carbocycles. The minimum absolute atomic E-state index is 0.891. The lowest BCUT2D eigenvalue weighted by Crippen LogP contribution is -2.02. The molecule has 0 aromatic rings. The first-order valence-electron chi connectivity index (χ1n) is 2.28. The summed E-state index contributed by atoms with van der Waals surface area (Å²) in [6.07, 6.45) is -6.85. The summed E-state index contributed by atoms with van der Waals surface area (Å²) in [5.41, 5.74) is 0. The maximum absolute atomic E-state index is 11.8. The van der Waals surface area contributed by atoms with Crippen molar-refractivity contribution in [2.45, 2.75) is 6.18 Å². The van der Waals surface area contributed by atoms with E-state index >= 15 is 0 Å². The maximum atomic E-state index is 11.8. The Labute approximate surface area is 57.8 Å². The molecule has 0 aliphatic rings. The van der Waals surface area contributed by atoms with Gasteiger partial charge in [-0.25, -0.2) is 13.2 Å². The summed E-state index contributed by atoms with van der Waals surface area (Å²) >= 11 is 0. The van der Waals surface area contributed by atoms with E-state index in [0.717, 1.165) is 0 Å². The summed E-state index contributed by atoms with van der Waals surface area (Å²) in [6.45, 7) is 0. The normalized spacial score (nSPS) is 15.5. The van der Waals surface area contributed by atoms with E-state index in [1.54, 1.807) is 0 Å². The van der Waals surface area contributed by atoms with E-state index in [1.807, 2.05) is 0 Å². The van der Waals surface area contributed by atoms with Crippen molar-refractivity contribution >= 4 is 0 Å². The summed E-state index contributed by atoms with van der Waals surface area (Å²) in [5.74, 6) is -4.46. The molecule has 0 amide bonds. The van der Waals surface area contributed by atoms with Crippen LogP contribution in [-0.2, 0) is 0 Å². The Bertz CT molecular complexity index is 186. The molecule has 0 rings (SSSR count). The van der Waals surface area contributed by atoms with Gasteiger partial charge in [-0.15, -0.1) is 0 Å². The van der Waals surface area contributed by atoms with Gasteiger partial charge in [0.25, 0.3) is 0 Å². The van der Waals surface area contributed by atoms with Gasteiger partial charge in [-0.05, 0) is 0 Å². The van der Waals surface area contributed by atoms with Crippen molar-refractivity contribution in [3.63, 3.8) is 0 Å². The highest BCUT2D eigenvalue weighted by atomic mass is 19.4. The van der Waals surface area contributed by atoms with Crippen LogP contribution in [0.3, 0.4) is 0 Å². The third-order valence-electron chi connectivity index (χ3n) is 0.614. The van der Waals surface area contributed by atoms with Crippen molar-refractivity contribution in [1.82, 2.24) is 0 Å². The monoisotopic (exact) mass is 176 g/mol.